The van der Waals surface area contributed by atoms with Crippen LogP contribution in [0.15, 0.2) is 0 Å². The van der Waals surface area contributed by atoms with Gasteiger partial charge in [0.1, 0.15) is 0 Å². The van der Waals surface area contributed by atoms with Crippen molar-refractivity contribution in [2.75, 3.05) is 7.05 Å². The molecule has 17 heavy (non-hydrogen) atoms. The van der Waals surface area contributed by atoms with Gasteiger partial charge in [0.25, 0.3) is 0 Å². The summed E-state index contributed by atoms with van der Waals surface area (Å²) in [4.78, 5) is 13.8. The average molecular weight is 236 g/mol. The van der Waals surface area contributed by atoms with E-state index in [1.54, 1.807) is 0 Å². The van der Waals surface area contributed by atoms with Crippen molar-refractivity contribution in [3.8, 4) is 6.07 Å². The molecule has 1 aliphatic carbocycles. The molecular weight excluding hydrogens is 212 g/mol. The number of carbonyl (C=O) groups is 1. The summed E-state index contributed by atoms with van der Waals surface area (Å²) >= 11 is 0. The molecule has 1 amide bonds. The Kier molecular flexibility index (Phi) is 6.04. The van der Waals surface area contributed by atoms with Gasteiger partial charge in [-0.15, -0.1) is 0 Å². The SMILES string of the molecule is CCCCCC(=O)N(C)C1CCC(C#N)CC1. The zero-order chi connectivity index (χ0) is 12.7. The molecule has 1 aliphatic rings. The minimum absolute atomic E-state index is 0.217. The highest BCUT2D eigenvalue weighted by molar-refractivity contribution is 5.76. The van der Waals surface area contributed by atoms with E-state index in [4.69, 9.17) is 5.26 Å². The summed E-state index contributed by atoms with van der Waals surface area (Å²) in [6, 6.07) is 2.70. The van der Waals surface area contributed by atoms with Crippen molar-refractivity contribution in [3.05, 3.63) is 0 Å². The Bertz CT molecular complexity index is 274. The molecule has 0 N–H and O–H groups in total. The van der Waals surface area contributed by atoms with Crippen LogP contribution < -0.4 is 0 Å². The predicted molar refractivity (Wildman–Crippen MR) is 68.3 cm³/mol. The third-order valence-corrected chi connectivity index (χ3v) is 3.81. The smallest absolute Gasteiger partial charge is 0.222 e. The van der Waals surface area contributed by atoms with Crippen LogP contribution in [0.3, 0.4) is 0 Å². The predicted octanol–water partition coefficient (Wildman–Crippen LogP) is 3.11. The van der Waals surface area contributed by atoms with Gasteiger partial charge in [0, 0.05) is 25.4 Å². The Labute approximate surface area is 105 Å². The zero-order valence-electron chi connectivity index (χ0n) is 11.1. The molecule has 3 nitrogen and oxygen atoms in total. The van der Waals surface area contributed by atoms with E-state index in [0.717, 1.165) is 44.9 Å². The number of hydrogen-bond donors (Lipinski definition) is 0. The van der Waals surface area contributed by atoms with Crippen molar-refractivity contribution in [2.45, 2.75) is 64.3 Å². The van der Waals surface area contributed by atoms with Crippen molar-refractivity contribution in [3.63, 3.8) is 0 Å². The number of hydrogen-bond acceptors (Lipinski definition) is 2. The van der Waals surface area contributed by atoms with Gasteiger partial charge in [0.15, 0.2) is 0 Å². The molecule has 0 saturated heterocycles. The highest BCUT2D eigenvalue weighted by Gasteiger charge is 2.25. The van der Waals surface area contributed by atoms with E-state index in [2.05, 4.69) is 13.0 Å². The molecular formula is C14H24N2O. The second-order valence-electron chi connectivity index (χ2n) is 5.10. The Morgan fingerprint density at radius 1 is 1.29 bits per heavy atom. The van der Waals surface area contributed by atoms with Crippen LogP contribution in [0.2, 0.25) is 0 Å². The van der Waals surface area contributed by atoms with E-state index < -0.39 is 0 Å². The maximum absolute atomic E-state index is 11.9. The van der Waals surface area contributed by atoms with Crippen LogP contribution in [0.5, 0.6) is 0 Å². The lowest BCUT2D eigenvalue weighted by molar-refractivity contribution is -0.132. The van der Waals surface area contributed by atoms with Gasteiger partial charge < -0.3 is 4.90 Å². The molecule has 3 heteroatoms. The number of nitriles is 1. The minimum atomic E-state index is 0.217. The summed E-state index contributed by atoms with van der Waals surface area (Å²) in [5.74, 6) is 0.494. The molecule has 1 rings (SSSR count). The average Bonchev–Trinajstić information content (AvgIpc) is 2.38. The van der Waals surface area contributed by atoms with E-state index in [-0.39, 0.29) is 11.8 Å². The van der Waals surface area contributed by atoms with Crippen LogP contribution >= 0.6 is 0 Å². The Balaban J connectivity index is 2.30. The summed E-state index contributed by atoms with van der Waals surface area (Å²) < 4.78 is 0. The molecule has 0 spiro atoms. The summed E-state index contributed by atoms with van der Waals surface area (Å²) in [6.07, 6.45) is 7.88. The van der Waals surface area contributed by atoms with Gasteiger partial charge >= 0.3 is 0 Å². The molecule has 0 bridgehead atoms. The molecule has 96 valence electrons. The highest BCUT2D eigenvalue weighted by Crippen LogP contribution is 2.26. The van der Waals surface area contributed by atoms with Crippen molar-refractivity contribution >= 4 is 5.91 Å². The molecule has 0 unspecified atom stereocenters. The fourth-order valence-electron chi connectivity index (χ4n) is 2.50. The Hall–Kier alpha value is -1.04. The number of nitrogens with zero attached hydrogens (tertiary/aromatic N) is 2. The largest absolute Gasteiger partial charge is 0.343 e. The van der Waals surface area contributed by atoms with Gasteiger partial charge in [0.05, 0.1) is 6.07 Å². The van der Waals surface area contributed by atoms with E-state index in [0.29, 0.717) is 12.5 Å². The third-order valence-electron chi connectivity index (χ3n) is 3.81. The monoisotopic (exact) mass is 236 g/mol. The number of amides is 1. The van der Waals surface area contributed by atoms with Crippen LogP contribution in [0.4, 0.5) is 0 Å². The normalized spacial score (nSPS) is 24.1. The fraction of sp³-hybridized carbons (Fsp3) is 0.857. The second kappa shape index (κ2) is 7.32. The maximum Gasteiger partial charge on any atom is 0.222 e. The molecule has 0 aliphatic heterocycles. The lowest BCUT2D eigenvalue weighted by Gasteiger charge is -2.32. The molecule has 0 aromatic heterocycles. The van der Waals surface area contributed by atoms with Gasteiger partial charge in [0.2, 0.25) is 5.91 Å². The van der Waals surface area contributed by atoms with Crippen LogP contribution in [0.25, 0.3) is 0 Å². The van der Waals surface area contributed by atoms with E-state index in [1.165, 1.54) is 0 Å². The molecule has 0 radical (unpaired) electrons. The lowest BCUT2D eigenvalue weighted by atomic mass is 9.86. The van der Waals surface area contributed by atoms with Crippen molar-refractivity contribution < 1.29 is 4.79 Å². The lowest BCUT2D eigenvalue weighted by Crippen LogP contribution is -2.39. The second-order valence-corrected chi connectivity index (χ2v) is 5.10. The topological polar surface area (TPSA) is 44.1 Å². The van der Waals surface area contributed by atoms with Crippen molar-refractivity contribution in [1.82, 2.24) is 4.90 Å². The van der Waals surface area contributed by atoms with Crippen LogP contribution in [-0.2, 0) is 4.79 Å². The van der Waals surface area contributed by atoms with E-state index in [9.17, 15) is 4.79 Å². The first-order chi connectivity index (χ1) is 8.19. The number of carbonyl (C=O) groups excluding carboxylic acids is 1. The molecule has 0 heterocycles. The zero-order valence-corrected chi connectivity index (χ0v) is 11.1. The third kappa shape index (κ3) is 4.38. The first kappa shape index (κ1) is 14.0. The quantitative estimate of drug-likeness (QED) is 0.688. The molecule has 0 aromatic rings. The number of rotatable bonds is 5. The summed E-state index contributed by atoms with van der Waals surface area (Å²) in [6.45, 7) is 2.15. The number of unbranched alkanes of at least 4 members (excludes halogenated alkanes) is 2. The first-order valence-electron chi connectivity index (χ1n) is 6.84. The van der Waals surface area contributed by atoms with Crippen molar-refractivity contribution in [2.24, 2.45) is 5.92 Å². The minimum Gasteiger partial charge on any atom is -0.343 e. The van der Waals surface area contributed by atoms with Gasteiger partial charge in [-0.05, 0) is 32.1 Å². The van der Waals surface area contributed by atoms with E-state index >= 15 is 0 Å². The standard InChI is InChI=1S/C14H24N2O/c1-3-4-5-6-14(17)16(2)13-9-7-12(11-15)8-10-13/h12-13H,3-10H2,1-2H3. The molecule has 1 saturated carbocycles. The van der Waals surface area contributed by atoms with Gasteiger partial charge in [-0.1, -0.05) is 19.8 Å². The van der Waals surface area contributed by atoms with E-state index in [1.807, 2.05) is 11.9 Å². The molecule has 0 aromatic carbocycles. The van der Waals surface area contributed by atoms with Crippen LogP contribution in [0.1, 0.15) is 58.3 Å². The maximum atomic E-state index is 11.9. The molecule has 1 fully saturated rings. The first-order valence-corrected chi connectivity index (χ1v) is 6.84. The highest BCUT2D eigenvalue weighted by atomic mass is 16.2. The van der Waals surface area contributed by atoms with Crippen LogP contribution in [-0.4, -0.2) is 23.9 Å². The van der Waals surface area contributed by atoms with Gasteiger partial charge in [-0.3, -0.25) is 4.79 Å². The summed E-state index contributed by atoms with van der Waals surface area (Å²) in [5, 5.41) is 8.84. The fourth-order valence-corrected chi connectivity index (χ4v) is 2.50. The molecule has 0 atom stereocenters. The van der Waals surface area contributed by atoms with Crippen LogP contribution in [0, 0.1) is 17.2 Å². The van der Waals surface area contributed by atoms with Crippen molar-refractivity contribution in [1.29, 1.82) is 5.26 Å². The summed E-state index contributed by atoms with van der Waals surface area (Å²) in [5.41, 5.74) is 0. The Morgan fingerprint density at radius 3 is 2.47 bits per heavy atom. The van der Waals surface area contributed by atoms with Gasteiger partial charge in [-0.25, -0.2) is 0 Å². The van der Waals surface area contributed by atoms with Gasteiger partial charge in [-0.2, -0.15) is 5.26 Å². The summed E-state index contributed by atoms with van der Waals surface area (Å²) in [7, 11) is 1.92. The Morgan fingerprint density at radius 2 is 1.94 bits per heavy atom.